The van der Waals surface area contributed by atoms with E-state index in [9.17, 15) is 19.5 Å². The first-order valence-corrected chi connectivity index (χ1v) is 12.7. The molecule has 0 unspecified atom stereocenters. The third kappa shape index (κ3) is 5.01. The number of nitrogens with zero attached hydrogens (tertiary/aromatic N) is 1. The number of benzene rings is 3. The summed E-state index contributed by atoms with van der Waals surface area (Å²) in [6.45, 7) is 0.0165. The number of β-lactam (4-membered cyclic amide) rings is 1. The van der Waals surface area contributed by atoms with E-state index in [1.54, 1.807) is 0 Å². The smallest absolute Gasteiger partial charge is 0.322 e. The molecule has 0 aromatic heterocycles. The fourth-order valence-corrected chi connectivity index (χ4v) is 5.94. The Morgan fingerprint density at radius 3 is 2.08 bits per heavy atom. The average molecular weight is 503 g/mol. The minimum Gasteiger partial charge on any atom is -0.452 e. The first-order chi connectivity index (χ1) is 17.5. The molecule has 2 saturated heterocycles. The van der Waals surface area contributed by atoms with E-state index in [1.807, 2.05) is 91.0 Å². The van der Waals surface area contributed by atoms with Crippen LogP contribution in [0.2, 0.25) is 0 Å². The molecule has 7 nitrogen and oxygen atoms in total. The van der Waals surface area contributed by atoms with E-state index in [1.165, 1.54) is 4.90 Å². The number of hydrogen-bond donors (Lipinski definition) is 2. The lowest BCUT2D eigenvalue weighted by Gasteiger charge is -2.52. The number of carbonyl (C=O) groups is 3. The summed E-state index contributed by atoms with van der Waals surface area (Å²) in [6, 6.07) is 27.4. The van der Waals surface area contributed by atoms with Gasteiger partial charge in [0.2, 0.25) is 11.8 Å². The van der Waals surface area contributed by atoms with Gasteiger partial charge in [-0.15, -0.1) is 11.8 Å². The maximum Gasteiger partial charge on any atom is 0.322 e. The first kappa shape index (κ1) is 24.1. The zero-order valence-electron chi connectivity index (χ0n) is 19.4. The molecule has 2 aliphatic rings. The molecule has 3 aromatic carbocycles. The van der Waals surface area contributed by atoms with Crippen LogP contribution in [-0.4, -0.2) is 57.1 Å². The number of hydrogen-bond acceptors (Lipinski definition) is 6. The number of esters is 1. The SMILES string of the molecule is O=C(Cc1ccccc1)N[C@@H]1C(=O)N2C[C@@H](O)[C@@H](C(=O)OC(c3ccccc3)c3ccccc3)S[C@@H]12. The number of amides is 2. The van der Waals surface area contributed by atoms with Crippen LogP contribution in [0.15, 0.2) is 91.0 Å². The molecular formula is C28H26N2O5S. The van der Waals surface area contributed by atoms with Crippen LogP contribution in [0.5, 0.6) is 0 Å². The summed E-state index contributed by atoms with van der Waals surface area (Å²) >= 11 is 1.16. The molecule has 2 aliphatic heterocycles. The Bertz CT molecular complexity index is 1180. The predicted octanol–water partition coefficient (Wildman–Crippen LogP) is 2.69. The van der Waals surface area contributed by atoms with Crippen LogP contribution in [-0.2, 0) is 25.5 Å². The summed E-state index contributed by atoms with van der Waals surface area (Å²) in [5.41, 5.74) is 2.48. The Hall–Kier alpha value is -3.62. The highest BCUT2D eigenvalue weighted by molar-refractivity contribution is 8.01. The Labute approximate surface area is 213 Å². The lowest BCUT2D eigenvalue weighted by atomic mass is 10.0. The minimum absolute atomic E-state index is 0.0165. The Balaban J connectivity index is 1.27. The van der Waals surface area contributed by atoms with Crippen molar-refractivity contribution in [3.63, 3.8) is 0 Å². The highest BCUT2D eigenvalue weighted by atomic mass is 32.2. The second-order valence-corrected chi connectivity index (χ2v) is 10.1. The van der Waals surface area contributed by atoms with E-state index < -0.39 is 34.8 Å². The van der Waals surface area contributed by atoms with Crippen molar-refractivity contribution in [2.45, 2.75) is 35.3 Å². The number of ether oxygens (including phenoxy) is 1. The molecule has 3 aromatic rings. The van der Waals surface area contributed by atoms with E-state index >= 15 is 0 Å². The van der Waals surface area contributed by atoms with Gasteiger partial charge in [0, 0.05) is 6.54 Å². The third-order valence-electron chi connectivity index (χ3n) is 6.36. The largest absolute Gasteiger partial charge is 0.452 e. The molecule has 0 saturated carbocycles. The number of nitrogens with one attached hydrogen (secondary N) is 1. The van der Waals surface area contributed by atoms with E-state index in [2.05, 4.69) is 5.32 Å². The van der Waals surface area contributed by atoms with Gasteiger partial charge in [0.05, 0.1) is 12.5 Å². The van der Waals surface area contributed by atoms with Crippen molar-refractivity contribution in [2.24, 2.45) is 0 Å². The summed E-state index contributed by atoms with van der Waals surface area (Å²) in [6.07, 6.45) is -1.54. The maximum atomic E-state index is 13.3. The second kappa shape index (κ2) is 10.6. The molecule has 8 heteroatoms. The van der Waals surface area contributed by atoms with Crippen molar-refractivity contribution in [3.05, 3.63) is 108 Å². The maximum absolute atomic E-state index is 13.3. The van der Waals surface area contributed by atoms with Crippen LogP contribution in [0.1, 0.15) is 22.8 Å². The molecule has 36 heavy (non-hydrogen) atoms. The van der Waals surface area contributed by atoms with Gasteiger partial charge >= 0.3 is 5.97 Å². The van der Waals surface area contributed by atoms with Gasteiger partial charge in [-0.25, -0.2) is 0 Å². The molecule has 4 atom stereocenters. The van der Waals surface area contributed by atoms with Gasteiger partial charge in [0.15, 0.2) is 6.10 Å². The summed E-state index contributed by atoms with van der Waals surface area (Å²) in [5, 5.41) is 12.2. The number of thioether (sulfide) groups is 1. The number of rotatable bonds is 7. The number of aliphatic hydroxyl groups is 1. The van der Waals surface area contributed by atoms with Crippen LogP contribution in [0, 0.1) is 0 Å². The van der Waals surface area contributed by atoms with Gasteiger partial charge in [-0.2, -0.15) is 0 Å². The monoisotopic (exact) mass is 502 g/mol. The molecular weight excluding hydrogens is 476 g/mol. The molecule has 2 fully saturated rings. The number of carbonyl (C=O) groups excluding carboxylic acids is 3. The van der Waals surface area contributed by atoms with Gasteiger partial charge in [-0.3, -0.25) is 14.4 Å². The summed E-state index contributed by atoms with van der Waals surface area (Å²) in [7, 11) is 0. The highest BCUT2D eigenvalue weighted by Crippen LogP contribution is 2.40. The molecule has 184 valence electrons. The molecule has 0 bridgehead atoms. The summed E-state index contributed by atoms with van der Waals surface area (Å²) in [4.78, 5) is 40.0. The lowest BCUT2D eigenvalue weighted by Crippen LogP contribution is -2.73. The molecule has 0 spiro atoms. The molecule has 0 radical (unpaired) electrons. The fourth-order valence-electron chi connectivity index (χ4n) is 4.53. The number of aliphatic hydroxyl groups excluding tert-OH is 1. The molecule has 2 heterocycles. The topological polar surface area (TPSA) is 95.9 Å². The first-order valence-electron chi connectivity index (χ1n) is 11.8. The summed E-state index contributed by atoms with van der Waals surface area (Å²) < 4.78 is 5.95. The van der Waals surface area contributed by atoms with Crippen molar-refractivity contribution in [1.29, 1.82) is 0 Å². The van der Waals surface area contributed by atoms with Crippen molar-refractivity contribution in [3.8, 4) is 0 Å². The van der Waals surface area contributed by atoms with Crippen LogP contribution >= 0.6 is 11.8 Å². The van der Waals surface area contributed by atoms with Crippen molar-refractivity contribution in [2.75, 3.05) is 6.54 Å². The fraction of sp³-hybridized carbons (Fsp3) is 0.250. The molecule has 0 aliphatic carbocycles. The second-order valence-electron chi connectivity index (χ2n) is 8.85. The average Bonchev–Trinajstić information content (AvgIpc) is 2.91. The standard InChI is InChI=1S/C28H26N2O5S/c31-21-17-30-26(33)23(29-22(32)16-18-10-4-1-5-11-18)27(30)36-25(21)28(34)35-24(19-12-6-2-7-13-19)20-14-8-3-9-15-20/h1-15,21,23-25,27,31H,16-17H2,(H,29,32)/t21-,23-,25+,27+/m1/s1. The quantitative estimate of drug-likeness (QED) is 0.381. The van der Waals surface area contributed by atoms with E-state index in [0.29, 0.717) is 0 Å². The zero-order valence-corrected chi connectivity index (χ0v) is 20.2. The zero-order chi connectivity index (χ0) is 25.1. The number of fused-ring (bicyclic) bond motifs is 1. The Morgan fingerprint density at radius 2 is 1.50 bits per heavy atom. The molecule has 5 rings (SSSR count). The minimum atomic E-state index is -1.07. The van der Waals surface area contributed by atoms with E-state index in [0.717, 1.165) is 28.5 Å². The lowest BCUT2D eigenvalue weighted by molar-refractivity contribution is -0.156. The van der Waals surface area contributed by atoms with Crippen molar-refractivity contribution in [1.82, 2.24) is 10.2 Å². The van der Waals surface area contributed by atoms with Gasteiger partial charge in [0.1, 0.15) is 16.7 Å². The molecule has 2 amide bonds. The van der Waals surface area contributed by atoms with Gasteiger partial charge in [-0.05, 0) is 16.7 Å². The van der Waals surface area contributed by atoms with Crippen LogP contribution in [0.3, 0.4) is 0 Å². The van der Waals surface area contributed by atoms with Crippen LogP contribution < -0.4 is 5.32 Å². The van der Waals surface area contributed by atoms with E-state index in [4.69, 9.17) is 4.74 Å². The predicted molar refractivity (Wildman–Crippen MR) is 136 cm³/mol. The van der Waals surface area contributed by atoms with Gasteiger partial charge < -0.3 is 20.1 Å². The normalized spacial score (nSPS) is 22.9. The van der Waals surface area contributed by atoms with E-state index in [-0.39, 0.29) is 24.8 Å². The third-order valence-corrected chi connectivity index (χ3v) is 7.96. The van der Waals surface area contributed by atoms with Gasteiger partial charge in [-0.1, -0.05) is 91.0 Å². The Kier molecular flexibility index (Phi) is 7.06. The Morgan fingerprint density at radius 1 is 0.944 bits per heavy atom. The van der Waals surface area contributed by atoms with Crippen molar-refractivity contribution >= 4 is 29.5 Å². The van der Waals surface area contributed by atoms with Gasteiger partial charge in [0.25, 0.3) is 0 Å². The van der Waals surface area contributed by atoms with Crippen LogP contribution in [0.25, 0.3) is 0 Å². The van der Waals surface area contributed by atoms with Crippen LogP contribution in [0.4, 0.5) is 0 Å². The van der Waals surface area contributed by atoms with Crippen molar-refractivity contribution < 1.29 is 24.2 Å². The molecule has 2 N–H and O–H groups in total. The summed E-state index contributed by atoms with van der Waals surface area (Å²) in [5.74, 6) is -1.08. The highest BCUT2D eigenvalue weighted by Gasteiger charge is 2.55.